The predicted molar refractivity (Wildman–Crippen MR) is 115 cm³/mol. The van der Waals surface area contributed by atoms with Gasteiger partial charge in [0.1, 0.15) is 5.69 Å². The minimum Gasteiger partial charge on any atom is -0.376 e. The summed E-state index contributed by atoms with van der Waals surface area (Å²) in [6.45, 7) is 3.08. The molecule has 0 aliphatic carbocycles. The minimum atomic E-state index is -4.01. The third-order valence-corrected chi connectivity index (χ3v) is 6.88. The molecule has 0 saturated carbocycles. The molecule has 2 aromatic rings. The molecule has 2 aromatic carbocycles. The number of hydrogen-bond acceptors (Lipinski definition) is 7. The van der Waals surface area contributed by atoms with E-state index in [1.54, 1.807) is 11.8 Å². The third kappa shape index (κ3) is 6.17. The van der Waals surface area contributed by atoms with E-state index in [0.717, 1.165) is 42.8 Å². The minimum absolute atomic E-state index is 0.0140. The molecule has 3 rings (SSSR count). The molecule has 0 unspecified atom stereocenters. The number of anilines is 1. The van der Waals surface area contributed by atoms with Gasteiger partial charge in [-0.2, -0.15) is 0 Å². The fourth-order valence-corrected chi connectivity index (χ4v) is 4.56. The van der Waals surface area contributed by atoms with Crippen LogP contribution in [0.2, 0.25) is 0 Å². The van der Waals surface area contributed by atoms with Crippen molar-refractivity contribution in [2.24, 2.45) is 5.14 Å². The molecule has 1 atom stereocenters. The van der Waals surface area contributed by atoms with Crippen molar-refractivity contribution in [1.29, 1.82) is 0 Å². The average Bonchev–Trinajstić information content (AvgIpc) is 2.64. The monoisotopic (exact) mass is 436 g/mol. The summed E-state index contributed by atoms with van der Waals surface area (Å²) in [5.74, 6) is 0.728. The Morgan fingerprint density at radius 1 is 1.21 bits per heavy atom. The highest BCUT2D eigenvalue weighted by molar-refractivity contribution is 7.99. The molecule has 156 valence electrons. The Labute approximate surface area is 174 Å². The molecule has 0 radical (unpaired) electrons. The predicted octanol–water partition coefficient (Wildman–Crippen LogP) is 2.91. The highest BCUT2D eigenvalue weighted by Crippen LogP contribution is 2.29. The van der Waals surface area contributed by atoms with Crippen LogP contribution in [-0.2, 0) is 10.0 Å². The first-order valence-corrected chi connectivity index (χ1v) is 11.8. The number of nitrogens with one attached hydrogen (secondary N) is 1. The second kappa shape index (κ2) is 9.57. The maximum atomic E-state index is 11.5. The maximum absolute atomic E-state index is 11.5. The Balaban J connectivity index is 1.76. The standard InChI is InChI=1S/C19H24N4O4S2/c20-29(26,27)17-7-8-18(19(13-17)23(24)25)21-15(9-12-22-10-4-11-22)14-28-16-5-2-1-3-6-16/h1-3,5-8,13,15,21H,4,9-12,14H2,(H2,20,26,27)/t15-/m1/s1. The smallest absolute Gasteiger partial charge is 0.293 e. The highest BCUT2D eigenvalue weighted by Gasteiger charge is 2.22. The lowest BCUT2D eigenvalue weighted by atomic mass is 10.1. The van der Waals surface area contributed by atoms with Gasteiger partial charge < -0.3 is 10.2 Å². The summed E-state index contributed by atoms with van der Waals surface area (Å²) in [7, 11) is -4.01. The van der Waals surface area contributed by atoms with Gasteiger partial charge in [0.25, 0.3) is 5.69 Å². The van der Waals surface area contributed by atoms with Crippen molar-refractivity contribution >= 4 is 33.2 Å². The third-order valence-electron chi connectivity index (χ3n) is 4.79. The van der Waals surface area contributed by atoms with Crippen LogP contribution in [0.15, 0.2) is 58.3 Å². The van der Waals surface area contributed by atoms with Crippen molar-refractivity contribution in [1.82, 2.24) is 4.90 Å². The van der Waals surface area contributed by atoms with E-state index in [0.29, 0.717) is 5.69 Å². The molecule has 1 aliphatic rings. The number of nitrogens with zero attached hydrogens (tertiary/aromatic N) is 2. The van der Waals surface area contributed by atoms with Crippen LogP contribution in [0.5, 0.6) is 0 Å². The first-order chi connectivity index (χ1) is 13.8. The molecular formula is C19H24N4O4S2. The quantitative estimate of drug-likeness (QED) is 0.334. The van der Waals surface area contributed by atoms with Gasteiger partial charge >= 0.3 is 0 Å². The number of thioether (sulfide) groups is 1. The molecule has 10 heteroatoms. The summed E-state index contributed by atoms with van der Waals surface area (Å²) < 4.78 is 23.1. The number of nitro groups is 1. The number of rotatable bonds is 10. The van der Waals surface area contributed by atoms with Crippen LogP contribution in [0.4, 0.5) is 11.4 Å². The number of primary sulfonamides is 1. The summed E-state index contributed by atoms with van der Waals surface area (Å²) in [4.78, 5) is 14.1. The van der Waals surface area contributed by atoms with Crippen molar-refractivity contribution in [3.63, 3.8) is 0 Å². The van der Waals surface area contributed by atoms with Gasteiger partial charge in [-0.3, -0.25) is 10.1 Å². The van der Waals surface area contributed by atoms with Gasteiger partial charge in [0.2, 0.25) is 10.0 Å². The molecule has 8 nitrogen and oxygen atoms in total. The lowest BCUT2D eigenvalue weighted by Crippen LogP contribution is -2.40. The van der Waals surface area contributed by atoms with Gasteiger partial charge in [0, 0.05) is 29.3 Å². The summed E-state index contributed by atoms with van der Waals surface area (Å²) in [5.41, 5.74) is -0.000132. The van der Waals surface area contributed by atoms with E-state index in [1.165, 1.54) is 18.6 Å². The maximum Gasteiger partial charge on any atom is 0.293 e. The fourth-order valence-electron chi connectivity index (χ4n) is 3.04. The largest absolute Gasteiger partial charge is 0.376 e. The van der Waals surface area contributed by atoms with Gasteiger partial charge in [-0.1, -0.05) is 18.2 Å². The number of benzene rings is 2. The van der Waals surface area contributed by atoms with Gasteiger partial charge in [-0.25, -0.2) is 13.6 Å². The molecule has 0 bridgehead atoms. The number of nitro benzene ring substituents is 1. The summed E-state index contributed by atoms with van der Waals surface area (Å²) in [6, 6.07) is 13.7. The molecular weight excluding hydrogens is 412 g/mol. The van der Waals surface area contributed by atoms with Crippen molar-refractivity contribution < 1.29 is 13.3 Å². The van der Waals surface area contributed by atoms with Crippen LogP contribution in [0.1, 0.15) is 12.8 Å². The molecule has 0 aromatic heterocycles. The van der Waals surface area contributed by atoms with Gasteiger partial charge in [0.15, 0.2) is 0 Å². The lowest BCUT2D eigenvalue weighted by molar-refractivity contribution is -0.384. The molecule has 1 saturated heterocycles. The normalized spacial score (nSPS) is 15.5. The van der Waals surface area contributed by atoms with E-state index in [9.17, 15) is 18.5 Å². The second-order valence-corrected chi connectivity index (χ2v) is 9.59. The molecule has 0 amide bonds. The van der Waals surface area contributed by atoms with Gasteiger partial charge in [-0.15, -0.1) is 11.8 Å². The van der Waals surface area contributed by atoms with Gasteiger partial charge in [0.05, 0.1) is 9.82 Å². The second-order valence-electron chi connectivity index (χ2n) is 6.93. The Hall–Kier alpha value is -2.14. The van der Waals surface area contributed by atoms with E-state index < -0.39 is 14.9 Å². The average molecular weight is 437 g/mol. The van der Waals surface area contributed by atoms with Crippen molar-refractivity contribution in [2.75, 3.05) is 30.7 Å². The van der Waals surface area contributed by atoms with Gasteiger partial charge in [-0.05, 0) is 50.2 Å². The summed E-state index contributed by atoms with van der Waals surface area (Å²) in [5, 5.41) is 19.9. The van der Waals surface area contributed by atoms with Crippen LogP contribution in [0.25, 0.3) is 0 Å². The first-order valence-electron chi connectivity index (χ1n) is 9.31. The van der Waals surface area contributed by atoms with E-state index in [-0.39, 0.29) is 16.6 Å². The SMILES string of the molecule is NS(=O)(=O)c1ccc(N[C@H](CCN2CCC2)CSc2ccccc2)c([N+](=O)[O-])c1. The zero-order valence-corrected chi connectivity index (χ0v) is 17.5. The Morgan fingerprint density at radius 2 is 1.93 bits per heavy atom. The molecule has 1 heterocycles. The number of hydrogen-bond donors (Lipinski definition) is 2. The Morgan fingerprint density at radius 3 is 2.52 bits per heavy atom. The fraction of sp³-hybridized carbons (Fsp3) is 0.368. The molecule has 3 N–H and O–H groups in total. The molecule has 1 fully saturated rings. The van der Waals surface area contributed by atoms with Crippen LogP contribution in [0, 0.1) is 10.1 Å². The number of likely N-dealkylation sites (tertiary alicyclic amines) is 1. The van der Waals surface area contributed by atoms with E-state index in [2.05, 4.69) is 10.2 Å². The van der Waals surface area contributed by atoms with E-state index >= 15 is 0 Å². The Kier molecular flexibility index (Phi) is 7.12. The topological polar surface area (TPSA) is 119 Å². The van der Waals surface area contributed by atoms with Crippen LogP contribution < -0.4 is 10.5 Å². The number of sulfonamides is 1. The zero-order valence-electron chi connectivity index (χ0n) is 15.9. The van der Waals surface area contributed by atoms with Crippen LogP contribution in [-0.4, -0.2) is 49.7 Å². The lowest BCUT2D eigenvalue weighted by Gasteiger charge is -2.32. The summed E-state index contributed by atoms with van der Waals surface area (Å²) >= 11 is 1.68. The van der Waals surface area contributed by atoms with Crippen LogP contribution in [0.3, 0.4) is 0 Å². The van der Waals surface area contributed by atoms with E-state index in [4.69, 9.17) is 5.14 Å². The van der Waals surface area contributed by atoms with E-state index in [1.807, 2.05) is 30.3 Å². The van der Waals surface area contributed by atoms with Crippen molar-refractivity contribution in [2.45, 2.75) is 28.7 Å². The van der Waals surface area contributed by atoms with Crippen LogP contribution >= 0.6 is 11.8 Å². The zero-order chi connectivity index (χ0) is 20.9. The van der Waals surface area contributed by atoms with Crippen molar-refractivity contribution in [3.05, 3.63) is 58.6 Å². The molecule has 0 spiro atoms. The highest BCUT2D eigenvalue weighted by atomic mass is 32.2. The van der Waals surface area contributed by atoms with Crippen molar-refractivity contribution in [3.8, 4) is 0 Å². The number of nitrogens with two attached hydrogens (primary N) is 1. The molecule has 1 aliphatic heterocycles. The first kappa shape index (κ1) is 21.6. The molecule has 29 heavy (non-hydrogen) atoms. The summed E-state index contributed by atoms with van der Waals surface area (Å²) in [6.07, 6.45) is 2.03. The Bertz CT molecular complexity index is 950.